The molecule has 0 aliphatic rings. The van der Waals surface area contributed by atoms with Crippen molar-refractivity contribution < 1.29 is 0 Å². The summed E-state index contributed by atoms with van der Waals surface area (Å²) in [5, 5.41) is 1.30. The third kappa shape index (κ3) is 1.40. The Bertz CT molecular complexity index is 571. The van der Waals surface area contributed by atoms with Gasteiger partial charge in [0.1, 0.15) is 0 Å². The number of rotatable bonds is 2. The molecule has 2 rings (SSSR count). The first-order chi connectivity index (χ1) is 7.70. The maximum absolute atomic E-state index is 3.90. The van der Waals surface area contributed by atoms with Crippen molar-refractivity contribution in [3.05, 3.63) is 47.7 Å². The van der Waals surface area contributed by atoms with Crippen molar-refractivity contribution in [2.75, 3.05) is 0 Å². The Kier molecular flexibility index (Phi) is 2.69. The van der Waals surface area contributed by atoms with Gasteiger partial charge in [-0.25, -0.2) is 0 Å². The van der Waals surface area contributed by atoms with E-state index < -0.39 is 0 Å². The molecule has 1 aromatic heterocycles. The predicted molar refractivity (Wildman–Crippen MR) is 72.5 cm³/mol. The predicted octanol–water partition coefficient (Wildman–Crippen LogP) is 4.16. The molecule has 0 saturated carbocycles. The van der Waals surface area contributed by atoms with Gasteiger partial charge in [0.2, 0.25) is 0 Å². The lowest BCUT2D eigenvalue weighted by Crippen LogP contribution is -1.92. The number of hydrogen-bond acceptors (Lipinski definition) is 0. The van der Waals surface area contributed by atoms with Crippen LogP contribution in [-0.4, -0.2) is 4.57 Å². The van der Waals surface area contributed by atoms with Gasteiger partial charge >= 0.3 is 0 Å². The number of aromatic nitrogens is 1. The van der Waals surface area contributed by atoms with Crippen LogP contribution in [0.15, 0.2) is 30.9 Å². The molecule has 2 aromatic rings. The van der Waals surface area contributed by atoms with Gasteiger partial charge in [0.05, 0.1) is 5.52 Å². The van der Waals surface area contributed by atoms with E-state index in [4.69, 9.17) is 0 Å². The van der Waals surface area contributed by atoms with Gasteiger partial charge in [0.25, 0.3) is 0 Å². The van der Waals surface area contributed by atoms with Crippen molar-refractivity contribution in [1.82, 2.24) is 4.57 Å². The van der Waals surface area contributed by atoms with E-state index in [1.165, 1.54) is 27.7 Å². The van der Waals surface area contributed by atoms with Crippen molar-refractivity contribution in [2.45, 2.75) is 13.8 Å². The van der Waals surface area contributed by atoms with Crippen molar-refractivity contribution in [3.8, 4) is 0 Å². The number of fused-ring (bicyclic) bond motifs is 1. The molecule has 82 valence electrons. The second-order valence-corrected chi connectivity index (χ2v) is 4.03. The fourth-order valence-electron chi connectivity index (χ4n) is 2.35. The minimum Gasteiger partial charge on any atom is -0.343 e. The zero-order valence-electron chi connectivity index (χ0n) is 10.1. The van der Waals surface area contributed by atoms with E-state index in [1.807, 2.05) is 13.0 Å². The van der Waals surface area contributed by atoms with E-state index in [1.54, 1.807) is 0 Å². The molecule has 1 heteroatoms. The molecule has 1 heterocycles. The lowest BCUT2D eigenvalue weighted by atomic mass is 10.1. The summed E-state index contributed by atoms with van der Waals surface area (Å²) in [6.07, 6.45) is 6.15. The summed E-state index contributed by atoms with van der Waals surface area (Å²) in [6, 6.07) is 6.43. The summed E-state index contributed by atoms with van der Waals surface area (Å²) in [7, 11) is 2.10. The summed E-state index contributed by atoms with van der Waals surface area (Å²) in [4.78, 5) is 0. The molecule has 16 heavy (non-hydrogen) atoms. The molecule has 0 saturated heterocycles. The van der Waals surface area contributed by atoms with Crippen molar-refractivity contribution in [1.29, 1.82) is 0 Å². The first kappa shape index (κ1) is 10.7. The summed E-state index contributed by atoms with van der Waals surface area (Å²) < 4.78 is 2.22. The first-order valence-corrected chi connectivity index (χ1v) is 5.53. The fourth-order valence-corrected chi connectivity index (χ4v) is 2.35. The molecule has 0 N–H and O–H groups in total. The van der Waals surface area contributed by atoms with E-state index in [9.17, 15) is 0 Å². The Balaban J connectivity index is 2.97. The number of para-hydroxylation sites is 1. The van der Waals surface area contributed by atoms with Crippen LogP contribution in [0.5, 0.6) is 0 Å². The third-order valence-electron chi connectivity index (χ3n) is 3.03. The summed E-state index contributed by atoms with van der Waals surface area (Å²) >= 11 is 0. The molecular formula is C15H17N. The number of allylic oxidation sites excluding steroid dienone is 1. The van der Waals surface area contributed by atoms with Crippen LogP contribution in [0, 0.1) is 6.92 Å². The van der Waals surface area contributed by atoms with Gasteiger partial charge in [-0.05, 0) is 25.5 Å². The molecule has 1 nitrogen and oxygen atoms in total. The number of benzene rings is 1. The first-order valence-electron chi connectivity index (χ1n) is 5.53. The topological polar surface area (TPSA) is 4.93 Å². The minimum atomic E-state index is 1.18. The highest BCUT2D eigenvalue weighted by molar-refractivity contribution is 5.95. The molecule has 0 aliphatic heterocycles. The van der Waals surface area contributed by atoms with Crippen LogP contribution in [0.3, 0.4) is 0 Å². The quantitative estimate of drug-likeness (QED) is 0.702. The molecule has 1 aromatic carbocycles. The Morgan fingerprint density at radius 2 is 2.06 bits per heavy atom. The molecular weight excluding hydrogens is 194 g/mol. The van der Waals surface area contributed by atoms with Gasteiger partial charge in [-0.3, -0.25) is 0 Å². The maximum Gasteiger partial charge on any atom is 0.0518 e. The largest absolute Gasteiger partial charge is 0.343 e. The van der Waals surface area contributed by atoms with Gasteiger partial charge in [-0.15, -0.1) is 0 Å². The van der Waals surface area contributed by atoms with Crippen LogP contribution in [0.2, 0.25) is 0 Å². The summed E-state index contributed by atoms with van der Waals surface area (Å²) in [5.74, 6) is 0. The van der Waals surface area contributed by atoms with E-state index in [0.29, 0.717) is 0 Å². The standard InChI is InChI=1S/C15H17N/c1-5-8-12-13-10-7-9-11(3)15(13)16(4)14(12)6-2/h5-10H,2H2,1,3-4H3/b8-5-. The number of nitrogens with zero attached hydrogens (tertiary/aromatic N) is 1. The van der Waals surface area contributed by atoms with Crippen molar-refractivity contribution in [2.24, 2.45) is 7.05 Å². The van der Waals surface area contributed by atoms with Crippen molar-refractivity contribution in [3.63, 3.8) is 0 Å². The molecule has 0 radical (unpaired) electrons. The lowest BCUT2D eigenvalue weighted by Gasteiger charge is -2.01. The Morgan fingerprint density at radius 3 is 2.69 bits per heavy atom. The highest BCUT2D eigenvalue weighted by Gasteiger charge is 2.11. The normalized spacial score (nSPS) is 11.4. The van der Waals surface area contributed by atoms with Crippen molar-refractivity contribution >= 4 is 23.1 Å². The van der Waals surface area contributed by atoms with Crippen LogP contribution >= 0.6 is 0 Å². The van der Waals surface area contributed by atoms with Gasteiger partial charge in [-0.2, -0.15) is 0 Å². The molecule has 0 bridgehead atoms. The second-order valence-electron chi connectivity index (χ2n) is 4.03. The Hall–Kier alpha value is -1.76. The SMILES string of the molecule is C=Cc1c(/C=C\C)c2cccc(C)c2n1C. The monoisotopic (exact) mass is 211 g/mol. The smallest absolute Gasteiger partial charge is 0.0518 e. The highest BCUT2D eigenvalue weighted by Crippen LogP contribution is 2.29. The van der Waals surface area contributed by atoms with Crippen LogP contribution in [-0.2, 0) is 7.05 Å². The van der Waals surface area contributed by atoms with E-state index in [2.05, 4.69) is 55.5 Å². The lowest BCUT2D eigenvalue weighted by molar-refractivity contribution is 0.949. The average molecular weight is 211 g/mol. The molecule has 0 aliphatic carbocycles. The van der Waals surface area contributed by atoms with Crippen LogP contribution in [0.4, 0.5) is 0 Å². The molecule has 0 spiro atoms. The minimum absolute atomic E-state index is 1.18. The summed E-state index contributed by atoms with van der Waals surface area (Å²) in [5.41, 5.74) is 5.05. The maximum atomic E-state index is 3.90. The van der Waals surface area contributed by atoms with E-state index in [-0.39, 0.29) is 0 Å². The Labute approximate surface area is 96.7 Å². The van der Waals surface area contributed by atoms with Crippen LogP contribution in [0.1, 0.15) is 23.7 Å². The highest BCUT2D eigenvalue weighted by atomic mass is 14.9. The Morgan fingerprint density at radius 1 is 1.31 bits per heavy atom. The van der Waals surface area contributed by atoms with Crippen LogP contribution in [0.25, 0.3) is 23.1 Å². The van der Waals surface area contributed by atoms with Crippen LogP contribution < -0.4 is 0 Å². The fraction of sp³-hybridized carbons (Fsp3) is 0.200. The molecule has 0 fully saturated rings. The number of aryl methyl sites for hydroxylation is 2. The third-order valence-corrected chi connectivity index (χ3v) is 3.03. The van der Waals surface area contributed by atoms with Gasteiger partial charge in [-0.1, -0.05) is 36.9 Å². The second kappa shape index (κ2) is 4.01. The number of hydrogen-bond donors (Lipinski definition) is 0. The zero-order valence-corrected chi connectivity index (χ0v) is 10.1. The summed E-state index contributed by atoms with van der Waals surface area (Å²) in [6.45, 7) is 8.10. The van der Waals surface area contributed by atoms with Gasteiger partial charge in [0.15, 0.2) is 0 Å². The van der Waals surface area contributed by atoms with E-state index >= 15 is 0 Å². The molecule has 0 amide bonds. The van der Waals surface area contributed by atoms with Gasteiger partial charge in [0, 0.05) is 23.7 Å². The zero-order chi connectivity index (χ0) is 11.7. The van der Waals surface area contributed by atoms with E-state index in [0.717, 1.165) is 0 Å². The molecule has 0 atom stereocenters. The molecule has 0 unspecified atom stereocenters. The van der Waals surface area contributed by atoms with Gasteiger partial charge < -0.3 is 4.57 Å². The average Bonchev–Trinajstić information content (AvgIpc) is 2.54.